The van der Waals surface area contributed by atoms with Crippen molar-refractivity contribution in [3.05, 3.63) is 33.9 Å². The van der Waals surface area contributed by atoms with Crippen LogP contribution in [-0.2, 0) is 6.18 Å². The number of nitrogens with zero attached hydrogens (tertiary/aromatic N) is 2. The lowest BCUT2D eigenvalue weighted by atomic mass is 10.1. The van der Waals surface area contributed by atoms with Crippen LogP contribution in [0, 0.1) is 10.1 Å². The Balaban J connectivity index is 2.45. The lowest BCUT2D eigenvalue weighted by Crippen LogP contribution is -2.19. The average Bonchev–Trinajstić information content (AvgIpc) is 2.80. The minimum absolute atomic E-state index is 0.394. The van der Waals surface area contributed by atoms with Crippen LogP contribution in [0.1, 0.15) is 18.4 Å². The molecule has 1 fully saturated rings. The van der Waals surface area contributed by atoms with Gasteiger partial charge in [-0.2, -0.15) is 13.2 Å². The number of hydrogen-bond acceptors (Lipinski definition) is 3. The summed E-state index contributed by atoms with van der Waals surface area (Å²) in [6.45, 7) is 1.38. The van der Waals surface area contributed by atoms with Gasteiger partial charge in [-0.1, -0.05) is 0 Å². The molecular formula is C11H11F3N2O2. The van der Waals surface area contributed by atoms with E-state index in [4.69, 9.17) is 0 Å². The quantitative estimate of drug-likeness (QED) is 0.606. The fourth-order valence-corrected chi connectivity index (χ4v) is 2.08. The molecule has 0 radical (unpaired) electrons. The molecule has 0 saturated carbocycles. The largest absolute Gasteiger partial charge is 0.423 e. The molecule has 18 heavy (non-hydrogen) atoms. The van der Waals surface area contributed by atoms with E-state index < -0.39 is 22.4 Å². The Bertz CT molecular complexity index is 468. The molecule has 0 atom stereocenters. The third kappa shape index (κ3) is 2.39. The summed E-state index contributed by atoms with van der Waals surface area (Å²) in [6, 6.07) is 3.17. The molecule has 0 aromatic heterocycles. The van der Waals surface area contributed by atoms with Crippen LogP contribution >= 0.6 is 0 Å². The molecule has 1 aromatic carbocycles. The van der Waals surface area contributed by atoms with Crippen molar-refractivity contribution in [3.63, 3.8) is 0 Å². The lowest BCUT2D eigenvalue weighted by Gasteiger charge is -2.19. The van der Waals surface area contributed by atoms with Gasteiger partial charge in [0.1, 0.15) is 5.56 Å². The van der Waals surface area contributed by atoms with E-state index in [0.29, 0.717) is 18.8 Å². The monoisotopic (exact) mass is 260 g/mol. The van der Waals surface area contributed by atoms with E-state index in [-0.39, 0.29) is 0 Å². The minimum atomic E-state index is -4.71. The number of nitro benzene ring substituents is 1. The van der Waals surface area contributed by atoms with Crippen LogP contribution in [0.15, 0.2) is 18.2 Å². The van der Waals surface area contributed by atoms with Crippen LogP contribution in [0.2, 0.25) is 0 Å². The van der Waals surface area contributed by atoms with Crippen LogP contribution in [0.25, 0.3) is 0 Å². The molecule has 2 rings (SSSR count). The maximum Gasteiger partial charge on any atom is 0.423 e. The van der Waals surface area contributed by atoms with Gasteiger partial charge in [0.05, 0.1) is 4.92 Å². The predicted molar refractivity (Wildman–Crippen MR) is 59.5 cm³/mol. The molecule has 0 unspecified atom stereocenters. The SMILES string of the molecule is O=[N+]([O-])c1ccc(N2CCCC2)cc1C(F)(F)F. The first kappa shape index (κ1) is 12.7. The van der Waals surface area contributed by atoms with E-state index >= 15 is 0 Å². The third-order valence-electron chi connectivity index (χ3n) is 2.95. The first-order valence-corrected chi connectivity index (χ1v) is 5.50. The first-order valence-electron chi connectivity index (χ1n) is 5.50. The number of alkyl halides is 3. The highest BCUT2D eigenvalue weighted by Crippen LogP contribution is 2.38. The Morgan fingerprint density at radius 1 is 1.22 bits per heavy atom. The highest BCUT2D eigenvalue weighted by Gasteiger charge is 2.38. The molecule has 1 aliphatic heterocycles. The van der Waals surface area contributed by atoms with Crippen LogP contribution in [0.4, 0.5) is 24.5 Å². The second-order valence-electron chi connectivity index (χ2n) is 4.15. The van der Waals surface area contributed by atoms with Gasteiger partial charge in [0.15, 0.2) is 0 Å². The highest BCUT2D eigenvalue weighted by molar-refractivity contribution is 5.57. The van der Waals surface area contributed by atoms with Crippen molar-refractivity contribution in [1.82, 2.24) is 0 Å². The zero-order valence-corrected chi connectivity index (χ0v) is 9.41. The second-order valence-corrected chi connectivity index (χ2v) is 4.15. The summed E-state index contributed by atoms with van der Waals surface area (Å²) in [4.78, 5) is 11.4. The van der Waals surface area contributed by atoms with E-state index in [9.17, 15) is 23.3 Å². The van der Waals surface area contributed by atoms with Crippen molar-refractivity contribution < 1.29 is 18.1 Å². The van der Waals surface area contributed by atoms with Gasteiger partial charge < -0.3 is 4.90 Å². The molecule has 0 bridgehead atoms. The van der Waals surface area contributed by atoms with Crippen molar-refractivity contribution >= 4 is 11.4 Å². The van der Waals surface area contributed by atoms with E-state index in [0.717, 1.165) is 25.0 Å². The molecule has 1 heterocycles. The normalized spacial score (nSPS) is 16.1. The van der Waals surface area contributed by atoms with Crippen molar-refractivity contribution in [3.8, 4) is 0 Å². The Hall–Kier alpha value is -1.79. The lowest BCUT2D eigenvalue weighted by molar-refractivity contribution is -0.388. The predicted octanol–water partition coefficient (Wildman–Crippen LogP) is 3.21. The van der Waals surface area contributed by atoms with Crippen LogP contribution in [0.5, 0.6) is 0 Å². The van der Waals surface area contributed by atoms with Gasteiger partial charge in [-0.05, 0) is 25.0 Å². The van der Waals surface area contributed by atoms with E-state index in [1.807, 2.05) is 0 Å². The Labute approximate surface area is 101 Å². The van der Waals surface area contributed by atoms with Gasteiger partial charge in [0.2, 0.25) is 0 Å². The van der Waals surface area contributed by atoms with E-state index in [2.05, 4.69) is 0 Å². The molecule has 1 aliphatic rings. The first-order chi connectivity index (χ1) is 8.39. The molecule has 7 heteroatoms. The molecule has 98 valence electrons. The minimum Gasteiger partial charge on any atom is -0.372 e. The molecule has 1 saturated heterocycles. The van der Waals surface area contributed by atoms with Crippen molar-refractivity contribution in [2.75, 3.05) is 18.0 Å². The fraction of sp³-hybridized carbons (Fsp3) is 0.455. The zero-order chi connectivity index (χ0) is 13.3. The summed E-state index contributed by atoms with van der Waals surface area (Å²) in [5, 5.41) is 10.6. The number of anilines is 1. The van der Waals surface area contributed by atoms with Gasteiger partial charge >= 0.3 is 6.18 Å². The van der Waals surface area contributed by atoms with Crippen molar-refractivity contribution in [1.29, 1.82) is 0 Å². The summed E-state index contributed by atoms with van der Waals surface area (Å²) in [7, 11) is 0. The Morgan fingerprint density at radius 3 is 2.33 bits per heavy atom. The molecule has 0 spiro atoms. The number of rotatable bonds is 2. The summed E-state index contributed by atoms with van der Waals surface area (Å²) in [5.41, 5.74) is -1.69. The van der Waals surface area contributed by atoms with Gasteiger partial charge in [-0.25, -0.2) is 0 Å². The summed E-state index contributed by atoms with van der Waals surface area (Å²) in [5.74, 6) is 0. The molecular weight excluding hydrogens is 249 g/mol. The smallest absolute Gasteiger partial charge is 0.372 e. The fourth-order valence-electron chi connectivity index (χ4n) is 2.08. The molecule has 0 N–H and O–H groups in total. The molecule has 0 amide bonds. The third-order valence-corrected chi connectivity index (χ3v) is 2.95. The van der Waals surface area contributed by atoms with Gasteiger partial charge in [-0.15, -0.1) is 0 Å². The van der Waals surface area contributed by atoms with Crippen LogP contribution in [0.3, 0.4) is 0 Å². The maximum absolute atomic E-state index is 12.8. The summed E-state index contributed by atoms with van der Waals surface area (Å²) < 4.78 is 38.3. The standard InChI is InChI=1S/C11H11F3N2O2/c12-11(13,14)9-7-8(15-5-1-2-6-15)3-4-10(9)16(17)18/h3-4,7H,1-2,5-6H2. The van der Waals surface area contributed by atoms with E-state index in [1.54, 1.807) is 4.90 Å². The molecule has 0 aliphatic carbocycles. The Kier molecular flexibility index (Phi) is 3.14. The van der Waals surface area contributed by atoms with Gasteiger partial charge in [-0.3, -0.25) is 10.1 Å². The van der Waals surface area contributed by atoms with Gasteiger partial charge in [0, 0.05) is 24.8 Å². The number of halogens is 3. The van der Waals surface area contributed by atoms with E-state index in [1.165, 1.54) is 6.07 Å². The number of hydrogen-bond donors (Lipinski definition) is 0. The number of benzene rings is 1. The van der Waals surface area contributed by atoms with Crippen LogP contribution in [-0.4, -0.2) is 18.0 Å². The topological polar surface area (TPSA) is 46.4 Å². The zero-order valence-electron chi connectivity index (χ0n) is 9.41. The van der Waals surface area contributed by atoms with Crippen LogP contribution < -0.4 is 4.90 Å². The maximum atomic E-state index is 12.8. The summed E-state index contributed by atoms with van der Waals surface area (Å²) in [6.07, 6.45) is -2.85. The van der Waals surface area contributed by atoms with Crippen molar-refractivity contribution in [2.24, 2.45) is 0 Å². The van der Waals surface area contributed by atoms with Crippen molar-refractivity contribution in [2.45, 2.75) is 19.0 Å². The van der Waals surface area contributed by atoms with Gasteiger partial charge in [0.25, 0.3) is 5.69 Å². The molecule has 4 nitrogen and oxygen atoms in total. The second kappa shape index (κ2) is 4.47. The molecule has 1 aromatic rings. The summed E-state index contributed by atoms with van der Waals surface area (Å²) >= 11 is 0. The highest BCUT2D eigenvalue weighted by atomic mass is 19.4. The average molecular weight is 260 g/mol. The Morgan fingerprint density at radius 2 is 1.83 bits per heavy atom. The number of nitro groups is 1.